The number of nitrogens with zero attached hydrogens (tertiary/aromatic N) is 2. The van der Waals surface area contributed by atoms with E-state index in [9.17, 15) is 0 Å². The van der Waals surface area contributed by atoms with Crippen molar-refractivity contribution >= 4 is 0 Å². The van der Waals surface area contributed by atoms with Gasteiger partial charge in [-0.3, -0.25) is 0 Å². The van der Waals surface area contributed by atoms with E-state index in [-0.39, 0.29) is 0 Å². The van der Waals surface area contributed by atoms with E-state index < -0.39 is 0 Å². The van der Waals surface area contributed by atoms with E-state index in [1.807, 2.05) is 12.1 Å². The second-order valence-corrected chi connectivity index (χ2v) is 4.02. The summed E-state index contributed by atoms with van der Waals surface area (Å²) >= 11 is 0. The molecule has 104 valence electrons. The second kappa shape index (κ2) is 6.10. The van der Waals surface area contributed by atoms with Crippen LogP contribution in [0.25, 0.3) is 0 Å². The van der Waals surface area contributed by atoms with Crippen LogP contribution in [0.4, 0.5) is 0 Å². The highest BCUT2D eigenvalue weighted by Crippen LogP contribution is 2.16. The van der Waals surface area contributed by atoms with Crippen molar-refractivity contribution in [1.29, 1.82) is 0 Å². The van der Waals surface area contributed by atoms with E-state index in [1.165, 1.54) is 0 Å². The predicted octanol–water partition coefficient (Wildman–Crippen LogP) is 1.71. The quantitative estimate of drug-likeness (QED) is 0.728. The molecule has 1 aliphatic rings. The van der Waals surface area contributed by atoms with Crippen molar-refractivity contribution in [3.63, 3.8) is 0 Å². The van der Waals surface area contributed by atoms with Gasteiger partial charge in [0.05, 0.1) is 0 Å². The zero-order valence-electron chi connectivity index (χ0n) is 10.8. The molecule has 0 saturated heterocycles. The molecular weight excluding hydrogens is 260 g/mol. The monoisotopic (exact) mass is 274 g/mol. The topological polar surface area (TPSA) is 62.7 Å². The lowest BCUT2D eigenvalue weighted by molar-refractivity contribution is 0.184. The summed E-state index contributed by atoms with van der Waals surface area (Å²) in [5, 5.41) is 0. The van der Waals surface area contributed by atoms with Gasteiger partial charge in [-0.15, -0.1) is 0 Å². The molecule has 4 bridgehead atoms. The molecule has 0 atom stereocenters. The van der Waals surface area contributed by atoms with Crippen molar-refractivity contribution in [1.82, 2.24) is 9.97 Å². The number of hydrogen-bond acceptors (Lipinski definition) is 6. The highest BCUT2D eigenvalue weighted by molar-refractivity contribution is 5.21. The summed E-state index contributed by atoms with van der Waals surface area (Å²) < 4.78 is 22.0. The lowest BCUT2D eigenvalue weighted by Crippen LogP contribution is -2.13. The molecule has 0 aromatic carbocycles. The Morgan fingerprint density at radius 2 is 0.850 bits per heavy atom. The Morgan fingerprint density at radius 1 is 0.550 bits per heavy atom. The van der Waals surface area contributed by atoms with E-state index in [1.54, 1.807) is 24.3 Å². The van der Waals surface area contributed by atoms with Crippen LogP contribution in [-0.4, -0.2) is 36.4 Å². The van der Waals surface area contributed by atoms with Crippen LogP contribution in [0.1, 0.15) is 0 Å². The molecule has 20 heavy (non-hydrogen) atoms. The van der Waals surface area contributed by atoms with Crippen molar-refractivity contribution in [2.45, 2.75) is 0 Å². The fourth-order valence-electron chi connectivity index (χ4n) is 1.70. The summed E-state index contributed by atoms with van der Waals surface area (Å²) in [5.41, 5.74) is 0. The Labute approximate surface area is 116 Å². The summed E-state index contributed by atoms with van der Waals surface area (Å²) in [4.78, 5) is 8.44. The lowest BCUT2D eigenvalue weighted by Gasteiger charge is -2.12. The summed E-state index contributed by atoms with van der Waals surface area (Å²) in [6.45, 7) is 1.51. The molecular formula is C14H14N2O4. The molecule has 1 aliphatic heterocycles. The zero-order chi connectivity index (χ0) is 13.6. The zero-order valence-corrected chi connectivity index (χ0v) is 10.8. The van der Waals surface area contributed by atoms with Gasteiger partial charge < -0.3 is 18.9 Å². The minimum Gasteiger partial charge on any atom is -0.474 e. The van der Waals surface area contributed by atoms with Crippen molar-refractivity contribution in [2.24, 2.45) is 0 Å². The van der Waals surface area contributed by atoms with Crippen LogP contribution in [0, 0.1) is 0 Å². The third kappa shape index (κ3) is 3.28. The standard InChI is InChI=1S/C14H14N2O4/c1-3-11-15-12(4-1)18-8-10-20-14-6-2-5-13(16-14)19-9-7-17-11/h1-6H,7-10H2. The Morgan fingerprint density at radius 3 is 1.15 bits per heavy atom. The van der Waals surface area contributed by atoms with Crippen molar-refractivity contribution in [3.05, 3.63) is 36.4 Å². The van der Waals surface area contributed by atoms with Gasteiger partial charge in [0.1, 0.15) is 26.4 Å². The van der Waals surface area contributed by atoms with E-state index in [2.05, 4.69) is 9.97 Å². The molecule has 0 radical (unpaired) electrons. The van der Waals surface area contributed by atoms with E-state index in [0.717, 1.165) is 0 Å². The van der Waals surface area contributed by atoms with Gasteiger partial charge in [-0.25, -0.2) is 0 Å². The fourth-order valence-corrected chi connectivity index (χ4v) is 1.70. The van der Waals surface area contributed by atoms with Crippen LogP contribution >= 0.6 is 0 Å². The maximum absolute atomic E-state index is 5.49. The van der Waals surface area contributed by atoms with Gasteiger partial charge in [-0.1, -0.05) is 12.1 Å². The third-order valence-electron chi connectivity index (χ3n) is 2.56. The molecule has 3 heterocycles. The van der Waals surface area contributed by atoms with Gasteiger partial charge in [-0.2, -0.15) is 9.97 Å². The first-order valence-electron chi connectivity index (χ1n) is 6.35. The number of hydrogen-bond donors (Lipinski definition) is 0. The first-order chi connectivity index (χ1) is 9.90. The largest absolute Gasteiger partial charge is 0.474 e. The number of rotatable bonds is 0. The minimum atomic E-state index is 0.378. The summed E-state index contributed by atoms with van der Waals surface area (Å²) in [6.07, 6.45) is 0. The van der Waals surface area contributed by atoms with Crippen LogP contribution in [0.3, 0.4) is 0 Å². The number of ether oxygens (including phenoxy) is 4. The molecule has 0 amide bonds. The van der Waals surface area contributed by atoms with E-state index in [0.29, 0.717) is 49.9 Å². The normalized spacial score (nSPS) is 14.8. The van der Waals surface area contributed by atoms with Gasteiger partial charge in [0.15, 0.2) is 0 Å². The maximum Gasteiger partial charge on any atom is 0.216 e. The van der Waals surface area contributed by atoms with Crippen LogP contribution in [0.2, 0.25) is 0 Å². The smallest absolute Gasteiger partial charge is 0.216 e. The molecule has 0 saturated carbocycles. The average molecular weight is 274 g/mol. The lowest BCUT2D eigenvalue weighted by atomic mass is 10.4. The number of pyridine rings is 2. The summed E-state index contributed by atoms with van der Waals surface area (Å²) in [6, 6.07) is 10.7. The van der Waals surface area contributed by atoms with Gasteiger partial charge in [0, 0.05) is 24.3 Å². The Kier molecular flexibility index (Phi) is 3.82. The summed E-state index contributed by atoms with van der Waals surface area (Å²) in [5.74, 6) is 2.02. The highest BCUT2D eigenvalue weighted by atomic mass is 16.5. The average Bonchev–Trinajstić information content (AvgIpc) is 2.48. The second-order valence-electron chi connectivity index (χ2n) is 4.02. The molecule has 0 fully saturated rings. The van der Waals surface area contributed by atoms with Crippen LogP contribution in [-0.2, 0) is 0 Å². The van der Waals surface area contributed by atoms with Gasteiger partial charge in [0.2, 0.25) is 23.5 Å². The van der Waals surface area contributed by atoms with Gasteiger partial charge >= 0.3 is 0 Å². The van der Waals surface area contributed by atoms with Crippen molar-refractivity contribution in [3.8, 4) is 23.5 Å². The predicted molar refractivity (Wildman–Crippen MR) is 70.5 cm³/mol. The number of fused-ring (bicyclic) bond motifs is 4. The van der Waals surface area contributed by atoms with Crippen LogP contribution < -0.4 is 18.9 Å². The SMILES string of the molecule is c1cc2nc(c1)OCCOc1cccc(n1)OCCO2. The third-order valence-corrected chi connectivity index (χ3v) is 2.56. The first kappa shape index (κ1) is 12.5. The van der Waals surface area contributed by atoms with Crippen molar-refractivity contribution < 1.29 is 18.9 Å². The van der Waals surface area contributed by atoms with Gasteiger partial charge in [0.25, 0.3) is 0 Å². The number of aromatic nitrogens is 2. The molecule has 3 rings (SSSR count). The Hall–Kier alpha value is -2.50. The molecule has 2 aromatic rings. The van der Waals surface area contributed by atoms with E-state index >= 15 is 0 Å². The molecule has 0 N–H and O–H groups in total. The summed E-state index contributed by atoms with van der Waals surface area (Å²) in [7, 11) is 0. The first-order valence-corrected chi connectivity index (χ1v) is 6.35. The van der Waals surface area contributed by atoms with Gasteiger partial charge in [-0.05, 0) is 0 Å². The fraction of sp³-hybridized carbons (Fsp3) is 0.286. The minimum absolute atomic E-state index is 0.378. The van der Waals surface area contributed by atoms with E-state index in [4.69, 9.17) is 18.9 Å². The molecule has 6 nitrogen and oxygen atoms in total. The van der Waals surface area contributed by atoms with Crippen LogP contribution in [0.15, 0.2) is 36.4 Å². The molecule has 6 heteroatoms. The van der Waals surface area contributed by atoms with Crippen LogP contribution in [0.5, 0.6) is 23.5 Å². The molecule has 0 aliphatic carbocycles. The molecule has 0 unspecified atom stereocenters. The molecule has 2 aromatic heterocycles. The Balaban J connectivity index is 1.73. The maximum atomic E-state index is 5.49. The Bertz CT molecular complexity index is 483. The highest BCUT2D eigenvalue weighted by Gasteiger charge is 2.04. The molecule has 0 spiro atoms. The van der Waals surface area contributed by atoms with Crippen molar-refractivity contribution in [2.75, 3.05) is 26.4 Å².